The van der Waals surface area contributed by atoms with Crippen molar-refractivity contribution in [2.24, 2.45) is 0 Å². The Balaban J connectivity index is 1.68. The third kappa shape index (κ3) is 5.52. The fourth-order valence-corrected chi connectivity index (χ4v) is 3.72. The van der Waals surface area contributed by atoms with Crippen LogP contribution in [0.1, 0.15) is 23.0 Å². The Morgan fingerprint density at radius 1 is 1.12 bits per heavy atom. The van der Waals surface area contributed by atoms with Crippen molar-refractivity contribution in [3.8, 4) is 5.75 Å². The summed E-state index contributed by atoms with van der Waals surface area (Å²) in [5.41, 5.74) is 0.467. The lowest BCUT2D eigenvalue weighted by Gasteiger charge is -2.14. The molecular formula is C22H22O9S. The third-order valence-electron chi connectivity index (χ3n) is 4.35. The summed E-state index contributed by atoms with van der Waals surface area (Å²) in [6.07, 6.45) is -1.30. The molecule has 0 bridgehead atoms. The number of fused-ring (bicyclic) bond motifs is 1. The monoisotopic (exact) mass is 462 g/mol. The maximum Gasteiger partial charge on any atom is 0.374 e. The Morgan fingerprint density at radius 2 is 1.84 bits per heavy atom. The Bertz CT molecular complexity index is 1260. The van der Waals surface area contributed by atoms with Crippen molar-refractivity contribution in [2.45, 2.75) is 24.8 Å². The fourth-order valence-electron chi connectivity index (χ4n) is 2.78. The van der Waals surface area contributed by atoms with Crippen LogP contribution in [0.4, 0.5) is 0 Å². The molecule has 3 aromatic rings. The SMILES string of the molecule is CCOC(=O)c1cc(=O)c2c(OCC(O)COS(=O)(=O)c3ccc(C)cc3)cccc2o1. The Kier molecular flexibility index (Phi) is 7.29. The molecule has 0 aliphatic rings. The van der Waals surface area contributed by atoms with Gasteiger partial charge in [-0.05, 0) is 38.1 Å². The van der Waals surface area contributed by atoms with Gasteiger partial charge in [0.1, 0.15) is 29.4 Å². The second-order valence-corrected chi connectivity index (χ2v) is 8.46. The molecule has 9 nitrogen and oxygen atoms in total. The molecule has 32 heavy (non-hydrogen) atoms. The zero-order valence-electron chi connectivity index (χ0n) is 17.4. The van der Waals surface area contributed by atoms with Gasteiger partial charge in [-0.2, -0.15) is 8.42 Å². The van der Waals surface area contributed by atoms with Gasteiger partial charge in [0.15, 0.2) is 5.43 Å². The maximum absolute atomic E-state index is 12.5. The summed E-state index contributed by atoms with van der Waals surface area (Å²) in [5, 5.41) is 10.2. The second kappa shape index (κ2) is 9.94. The van der Waals surface area contributed by atoms with Crippen LogP contribution >= 0.6 is 0 Å². The number of carbonyl (C=O) groups excluding carboxylic acids is 1. The Labute approximate surface area is 184 Å². The Hall–Kier alpha value is -3.21. The van der Waals surface area contributed by atoms with E-state index in [4.69, 9.17) is 18.1 Å². The molecule has 0 aliphatic carbocycles. The third-order valence-corrected chi connectivity index (χ3v) is 5.65. The molecule has 10 heteroatoms. The summed E-state index contributed by atoms with van der Waals surface area (Å²) in [6.45, 7) is 2.70. The maximum atomic E-state index is 12.5. The molecule has 0 saturated heterocycles. The van der Waals surface area contributed by atoms with E-state index in [1.54, 1.807) is 25.1 Å². The normalized spacial score (nSPS) is 12.5. The molecule has 1 heterocycles. The number of hydrogen-bond acceptors (Lipinski definition) is 9. The van der Waals surface area contributed by atoms with Gasteiger partial charge in [-0.25, -0.2) is 4.79 Å². The molecule has 3 rings (SSSR count). The number of carbonyl (C=O) groups is 1. The number of hydrogen-bond donors (Lipinski definition) is 1. The number of ether oxygens (including phenoxy) is 2. The number of esters is 1. The van der Waals surface area contributed by atoms with Crippen LogP contribution in [0.25, 0.3) is 11.0 Å². The van der Waals surface area contributed by atoms with Gasteiger partial charge in [0.25, 0.3) is 10.1 Å². The highest BCUT2D eigenvalue weighted by molar-refractivity contribution is 7.86. The molecule has 0 spiro atoms. The van der Waals surface area contributed by atoms with Gasteiger partial charge in [0, 0.05) is 6.07 Å². The minimum Gasteiger partial charge on any atom is -0.490 e. The first-order valence-electron chi connectivity index (χ1n) is 9.72. The van der Waals surface area contributed by atoms with E-state index in [1.807, 2.05) is 6.92 Å². The van der Waals surface area contributed by atoms with Gasteiger partial charge in [-0.3, -0.25) is 8.98 Å². The molecule has 2 aromatic carbocycles. The second-order valence-electron chi connectivity index (χ2n) is 6.84. The molecule has 1 unspecified atom stereocenters. The van der Waals surface area contributed by atoms with Gasteiger partial charge in [-0.1, -0.05) is 23.8 Å². The molecule has 0 radical (unpaired) electrons. The molecule has 170 valence electrons. The summed E-state index contributed by atoms with van der Waals surface area (Å²) < 4.78 is 45.1. The number of rotatable bonds is 9. The quantitative estimate of drug-likeness (QED) is 0.376. The molecule has 0 amide bonds. The largest absolute Gasteiger partial charge is 0.490 e. The van der Waals surface area contributed by atoms with E-state index >= 15 is 0 Å². The highest BCUT2D eigenvalue weighted by Gasteiger charge is 2.19. The summed E-state index contributed by atoms with van der Waals surface area (Å²) in [6, 6.07) is 11.6. The van der Waals surface area contributed by atoms with Gasteiger partial charge in [0.2, 0.25) is 5.76 Å². The van der Waals surface area contributed by atoms with Gasteiger partial charge in [0.05, 0.1) is 18.1 Å². The topological polar surface area (TPSA) is 129 Å². The van der Waals surface area contributed by atoms with E-state index in [9.17, 15) is 23.1 Å². The highest BCUT2D eigenvalue weighted by Crippen LogP contribution is 2.24. The molecule has 1 N–H and O–H groups in total. The first kappa shape index (κ1) is 23.5. The van der Waals surface area contributed by atoms with Crippen molar-refractivity contribution in [3.63, 3.8) is 0 Å². The minimum atomic E-state index is -4.04. The number of benzene rings is 2. The van der Waals surface area contributed by atoms with Gasteiger partial charge < -0.3 is 19.0 Å². The van der Waals surface area contributed by atoms with Crippen molar-refractivity contribution in [3.05, 3.63) is 70.1 Å². The first-order valence-corrected chi connectivity index (χ1v) is 11.1. The lowest BCUT2D eigenvalue weighted by molar-refractivity contribution is 0.0490. The van der Waals surface area contributed by atoms with E-state index in [1.165, 1.54) is 24.3 Å². The molecule has 0 aliphatic heterocycles. The van der Waals surface area contributed by atoms with E-state index in [0.29, 0.717) is 0 Å². The van der Waals surface area contributed by atoms with Gasteiger partial charge >= 0.3 is 5.97 Å². The predicted molar refractivity (Wildman–Crippen MR) is 114 cm³/mol. The standard InChI is InChI=1S/C22H22O9S/c1-3-28-22(25)20-11-17(24)21-18(5-4-6-19(21)31-20)29-12-15(23)13-30-32(26,27)16-9-7-14(2)8-10-16/h4-11,15,23H,3,12-13H2,1-2H3. The average Bonchev–Trinajstić information content (AvgIpc) is 2.76. The zero-order chi connectivity index (χ0) is 23.3. The first-order chi connectivity index (χ1) is 15.2. The van der Waals surface area contributed by atoms with Crippen LogP contribution in [0.3, 0.4) is 0 Å². The zero-order valence-corrected chi connectivity index (χ0v) is 18.3. The average molecular weight is 462 g/mol. The summed E-state index contributed by atoms with van der Waals surface area (Å²) in [4.78, 5) is 24.3. The Morgan fingerprint density at radius 3 is 2.53 bits per heavy atom. The van der Waals surface area contributed by atoms with Gasteiger partial charge in [-0.15, -0.1) is 0 Å². The minimum absolute atomic E-state index is 0.0275. The number of aliphatic hydroxyl groups is 1. The van der Waals surface area contributed by atoms with Crippen LogP contribution in [-0.4, -0.2) is 45.4 Å². The van der Waals surface area contributed by atoms with E-state index in [2.05, 4.69) is 0 Å². The van der Waals surface area contributed by atoms with E-state index in [0.717, 1.165) is 11.6 Å². The molecule has 0 fully saturated rings. The highest BCUT2D eigenvalue weighted by atomic mass is 32.2. The lowest BCUT2D eigenvalue weighted by Crippen LogP contribution is -2.25. The molecule has 1 aromatic heterocycles. The molecule has 0 saturated carbocycles. The lowest BCUT2D eigenvalue weighted by atomic mass is 10.2. The van der Waals surface area contributed by atoms with Crippen LogP contribution in [0.5, 0.6) is 5.75 Å². The summed E-state index contributed by atoms with van der Waals surface area (Å²) in [7, 11) is -4.04. The summed E-state index contributed by atoms with van der Waals surface area (Å²) >= 11 is 0. The van der Waals surface area contributed by atoms with Crippen LogP contribution < -0.4 is 10.2 Å². The van der Waals surface area contributed by atoms with Crippen LogP contribution in [0, 0.1) is 6.92 Å². The van der Waals surface area contributed by atoms with Crippen molar-refractivity contribution in [1.82, 2.24) is 0 Å². The van der Waals surface area contributed by atoms with Crippen molar-refractivity contribution < 1.29 is 36.4 Å². The van der Waals surface area contributed by atoms with Crippen LogP contribution in [-0.2, 0) is 19.0 Å². The smallest absolute Gasteiger partial charge is 0.374 e. The van der Waals surface area contributed by atoms with Crippen LogP contribution in [0.2, 0.25) is 0 Å². The van der Waals surface area contributed by atoms with E-state index in [-0.39, 0.29) is 40.6 Å². The fraction of sp³-hybridized carbons (Fsp3) is 0.273. The van der Waals surface area contributed by atoms with Crippen molar-refractivity contribution >= 4 is 27.1 Å². The van der Waals surface area contributed by atoms with Crippen molar-refractivity contribution in [2.75, 3.05) is 19.8 Å². The summed E-state index contributed by atoms with van der Waals surface area (Å²) in [5.74, 6) is -0.900. The predicted octanol–water partition coefficient (Wildman–Crippen LogP) is 2.42. The number of aryl methyl sites for hydroxylation is 1. The van der Waals surface area contributed by atoms with Crippen molar-refractivity contribution in [1.29, 1.82) is 0 Å². The number of aliphatic hydroxyl groups excluding tert-OH is 1. The van der Waals surface area contributed by atoms with E-state index < -0.39 is 34.2 Å². The van der Waals surface area contributed by atoms with Crippen LogP contribution in [0.15, 0.2) is 62.6 Å². The molecule has 1 atom stereocenters. The molecular weight excluding hydrogens is 440 g/mol.